The molecule has 0 saturated heterocycles. The molecule has 0 aromatic heterocycles. The van der Waals surface area contributed by atoms with Crippen molar-refractivity contribution in [2.24, 2.45) is 0 Å². The van der Waals surface area contributed by atoms with Gasteiger partial charge in [0.1, 0.15) is 0 Å². The van der Waals surface area contributed by atoms with E-state index < -0.39 is 39.7 Å². The maximum absolute atomic E-state index is 13.2. The number of ether oxygens (including phenoxy) is 1. The Bertz CT molecular complexity index is 488. The van der Waals surface area contributed by atoms with Gasteiger partial charge in [-0.05, 0) is 65.8 Å². The summed E-state index contributed by atoms with van der Waals surface area (Å²) < 4.78 is 24.1. The van der Waals surface area contributed by atoms with Crippen molar-refractivity contribution in [3.63, 3.8) is 0 Å². The van der Waals surface area contributed by atoms with Gasteiger partial charge in [0.15, 0.2) is 25.0 Å². The molecule has 0 aromatic rings. The molecule has 0 aliphatic carbocycles. The van der Waals surface area contributed by atoms with Gasteiger partial charge in [0, 0.05) is 12.0 Å². The molecule has 0 heterocycles. The molecule has 0 amide bonds. The zero-order valence-electron chi connectivity index (χ0n) is 18.1. The molecule has 0 rings (SSSR count). The normalized spacial score (nSPS) is 13.5. The van der Waals surface area contributed by atoms with E-state index in [1.807, 2.05) is 58.9 Å². The number of hydrogen-bond acceptors (Lipinski definition) is 6. The monoisotopic (exact) mass is 436 g/mol. The third kappa shape index (κ3) is 10.7. The Labute approximate surface area is 163 Å². The quantitative estimate of drug-likeness (QED) is 0.276. The van der Waals surface area contributed by atoms with E-state index in [1.54, 1.807) is 6.92 Å². The van der Waals surface area contributed by atoms with Crippen molar-refractivity contribution >= 4 is 45.1 Å². The van der Waals surface area contributed by atoms with Crippen LogP contribution in [0.5, 0.6) is 0 Å². The van der Waals surface area contributed by atoms with Crippen LogP contribution in [0.25, 0.3) is 0 Å². The molecular formula is C16H36O6Si4. The Hall–Kier alpha value is -0.372. The largest absolute Gasteiger partial charge is 0.543 e. The van der Waals surface area contributed by atoms with Crippen LogP contribution in [0.3, 0.4) is 0 Å². The molecular weight excluding hydrogens is 401 g/mol. The maximum atomic E-state index is 13.2. The average Bonchev–Trinajstić information content (AvgIpc) is 2.31. The van der Waals surface area contributed by atoms with E-state index in [9.17, 15) is 9.59 Å². The highest BCUT2D eigenvalue weighted by atomic mass is 28.5. The lowest BCUT2D eigenvalue weighted by Gasteiger charge is -2.41. The first-order valence-corrected chi connectivity index (χ1v) is 20.8. The first-order valence-electron chi connectivity index (χ1n) is 8.83. The third-order valence-corrected chi connectivity index (χ3v) is 14.1. The Morgan fingerprint density at radius 2 is 1.12 bits per heavy atom. The highest BCUT2D eigenvalue weighted by Gasteiger charge is 2.56. The minimum absolute atomic E-state index is 0.0185. The van der Waals surface area contributed by atoms with Crippen LogP contribution in [-0.4, -0.2) is 51.7 Å². The fourth-order valence-electron chi connectivity index (χ4n) is 1.96. The lowest BCUT2D eigenvalue weighted by Crippen LogP contribution is -2.65. The van der Waals surface area contributed by atoms with Crippen LogP contribution in [0, 0.1) is 0 Å². The number of carbonyl (C=O) groups is 2. The molecule has 6 nitrogen and oxygen atoms in total. The minimum atomic E-state index is -3.57. The number of hydrogen-bond donors (Lipinski definition) is 0. The molecule has 0 aliphatic heterocycles. The lowest BCUT2D eigenvalue weighted by molar-refractivity contribution is -0.139. The molecule has 0 saturated carbocycles. The molecule has 0 aromatic carbocycles. The Morgan fingerprint density at radius 1 is 0.769 bits per heavy atom. The topological polar surface area (TPSA) is 71.1 Å². The predicted octanol–water partition coefficient (Wildman–Crippen LogP) is 4.10. The van der Waals surface area contributed by atoms with Crippen LogP contribution < -0.4 is 0 Å². The minimum Gasteiger partial charge on any atom is -0.462 e. The summed E-state index contributed by atoms with van der Waals surface area (Å²) in [6.07, 6.45) is 0.0185. The summed E-state index contributed by atoms with van der Waals surface area (Å²) in [5.74, 6) is -0.506. The van der Waals surface area contributed by atoms with Gasteiger partial charge in [0.25, 0.3) is 0 Å². The van der Waals surface area contributed by atoms with Gasteiger partial charge in [-0.15, -0.1) is 0 Å². The second-order valence-corrected chi connectivity index (χ2v) is 26.1. The summed E-state index contributed by atoms with van der Waals surface area (Å²) in [4.78, 5) is 24.8. The van der Waals surface area contributed by atoms with Crippen molar-refractivity contribution < 1.29 is 26.7 Å². The summed E-state index contributed by atoms with van der Waals surface area (Å²) in [5.41, 5.74) is 0.302. The first kappa shape index (κ1) is 25.6. The fourth-order valence-corrected chi connectivity index (χ4v) is 15.0. The second-order valence-electron chi connectivity index (χ2n) is 9.29. The van der Waals surface area contributed by atoms with Gasteiger partial charge < -0.3 is 17.1 Å². The summed E-state index contributed by atoms with van der Waals surface area (Å²) in [6.45, 7) is 23.2. The molecule has 0 unspecified atom stereocenters. The van der Waals surface area contributed by atoms with Crippen molar-refractivity contribution in [2.75, 3.05) is 6.61 Å². The molecule has 26 heavy (non-hydrogen) atoms. The highest BCUT2D eigenvalue weighted by Crippen LogP contribution is 2.27. The Balaban J connectivity index is 5.64. The van der Waals surface area contributed by atoms with Gasteiger partial charge in [0.05, 0.1) is 6.61 Å². The maximum Gasteiger partial charge on any atom is 0.543 e. The first-order chi connectivity index (χ1) is 11.4. The second kappa shape index (κ2) is 9.21. The van der Waals surface area contributed by atoms with E-state index in [2.05, 4.69) is 6.58 Å². The van der Waals surface area contributed by atoms with Gasteiger partial charge in [-0.2, -0.15) is 0 Å². The average molecular weight is 437 g/mol. The smallest absolute Gasteiger partial charge is 0.462 e. The molecule has 0 bridgehead atoms. The van der Waals surface area contributed by atoms with Crippen LogP contribution in [0.15, 0.2) is 12.2 Å². The van der Waals surface area contributed by atoms with Crippen LogP contribution >= 0.6 is 0 Å². The Kier molecular flexibility index (Phi) is 9.08. The molecule has 0 aliphatic rings. The Morgan fingerprint density at radius 3 is 1.38 bits per heavy atom. The molecule has 0 N–H and O–H groups in total. The zero-order valence-corrected chi connectivity index (χ0v) is 22.1. The lowest BCUT2D eigenvalue weighted by atomic mass is 10.4. The molecule has 0 radical (unpaired) electrons. The van der Waals surface area contributed by atoms with E-state index in [-0.39, 0.29) is 18.4 Å². The number of rotatable bonds is 11. The summed E-state index contributed by atoms with van der Waals surface area (Å²) in [6, 6.07) is 0. The molecule has 0 fully saturated rings. The highest BCUT2D eigenvalue weighted by molar-refractivity contribution is 7.04. The van der Waals surface area contributed by atoms with E-state index in [0.29, 0.717) is 5.57 Å². The van der Waals surface area contributed by atoms with Crippen molar-refractivity contribution in [3.05, 3.63) is 12.2 Å². The van der Waals surface area contributed by atoms with E-state index >= 15 is 0 Å². The molecule has 0 atom stereocenters. The van der Waals surface area contributed by atoms with Crippen LogP contribution in [-0.2, 0) is 26.7 Å². The zero-order chi connectivity index (χ0) is 21.0. The summed E-state index contributed by atoms with van der Waals surface area (Å²) in [7, 11) is -9.93. The third-order valence-electron chi connectivity index (χ3n) is 2.57. The van der Waals surface area contributed by atoms with Gasteiger partial charge in [-0.25, -0.2) is 4.79 Å². The fraction of sp³-hybridized carbons (Fsp3) is 0.750. The van der Waals surface area contributed by atoms with Gasteiger partial charge in [0.2, 0.25) is 5.41 Å². The number of carbonyl (C=O) groups excluding carboxylic acids is 2. The van der Waals surface area contributed by atoms with Crippen molar-refractivity contribution in [1.82, 2.24) is 0 Å². The summed E-state index contributed by atoms with van der Waals surface area (Å²) in [5, 5.41) is -0.209. The van der Waals surface area contributed by atoms with E-state index in [1.165, 1.54) is 0 Å². The van der Waals surface area contributed by atoms with E-state index in [4.69, 9.17) is 17.1 Å². The number of esters is 1. The molecule has 152 valence electrons. The van der Waals surface area contributed by atoms with E-state index in [0.717, 1.165) is 0 Å². The van der Waals surface area contributed by atoms with Gasteiger partial charge >= 0.3 is 14.8 Å². The molecule has 10 heteroatoms. The van der Waals surface area contributed by atoms with Gasteiger partial charge in [-0.1, -0.05) is 6.58 Å². The SMILES string of the molecule is C=C(C)C(=O)OCCC(=O)[Si](O[Si](C)(C)C)(O[Si](C)(C)C)O[Si](C)(C)C. The van der Waals surface area contributed by atoms with Crippen molar-refractivity contribution in [2.45, 2.75) is 72.3 Å². The summed E-state index contributed by atoms with van der Waals surface area (Å²) >= 11 is 0. The standard InChI is InChI=1S/C16H36O6Si4/c1-14(2)16(18)19-13-12-15(17)26(20-23(3,4)5,21-24(6,7)8)22-25(9,10)11/h1,12-13H2,2-11H3. The predicted molar refractivity (Wildman–Crippen MR) is 114 cm³/mol. The van der Waals surface area contributed by atoms with Gasteiger partial charge in [-0.3, -0.25) is 4.79 Å². The van der Waals surface area contributed by atoms with Crippen molar-refractivity contribution in [1.29, 1.82) is 0 Å². The van der Waals surface area contributed by atoms with Crippen molar-refractivity contribution in [3.8, 4) is 0 Å². The molecule has 0 spiro atoms. The van der Waals surface area contributed by atoms with Crippen LogP contribution in [0.1, 0.15) is 13.3 Å². The van der Waals surface area contributed by atoms with Crippen LogP contribution in [0.4, 0.5) is 0 Å². The van der Waals surface area contributed by atoms with Crippen LogP contribution in [0.2, 0.25) is 58.9 Å².